The molecule has 2 aliphatic rings. The van der Waals surface area contributed by atoms with Crippen molar-refractivity contribution in [1.29, 1.82) is 0 Å². The summed E-state index contributed by atoms with van der Waals surface area (Å²) in [5.74, 6) is 0.254. The molecule has 4 rings (SSSR count). The Kier molecular flexibility index (Phi) is 5.05. The predicted octanol–water partition coefficient (Wildman–Crippen LogP) is 2.37. The van der Waals surface area contributed by atoms with Crippen LogP contribution in [0.3, 0.4) is 0 Å². The van der Waals surface area contributed by atoms with Gasteiger partial charge in [-0.15, -0.1) is 0 Å². The van der Waals surface area contributed by atoms with Crippen molar-refractivity contribution >= 4 is 5.91 Å². The van der Waals surface area contributed by atoms with Gasteiger partial charge in [0.25, 0.3) is 0 Å². The zero-order valence-electron chi connectivity index (χ0n) is 15.4. The fourth-order valence-corrected chi connectivity index (χ4v) is 4.23. The van der Waals surface area contributed by atoms with Gasteiger partial charge in [0.2, 0.25) is 5.91 Å². The Hall–Kier alpha value is -2.17. The van der Waals surface area contributed by atoms with Crippen LogP contribution in [0.2, 0.25) is 0 Å². The number of hydrogen-bond acceptors (Lipinski definition) is 3. The molecular formula is C22H27N3O. The van der Waals surface area contributed by atoms with Crippen LogP contribution in [0.1, 0.15) is 28.3 Å². The predicted molar refractivity (Wildman–Crippen MR) is 104 cm³/mol. The van der Waals surface area contributed by atoms with E-state index in [4.69, 9.17) is 0 Å². The van der Waals surface area contributed by atoms with E-state index in [-0.39, 0.29) is 11.9 Å². The maximum Gasteiger partial charge on any atom is 0.236 e. The molecule has 0 saturated carbocycles. The molecule has 1 unspecified atom stereocenters. The molecule has 4 heteroatoms. The zero-order chi connectivity index (χ0) is 17.9. The number of benzene rings is 2. The first kappa shape index (κ1) is 17.3. The molecule has 0 aromatic heterocycles. The molecule has 4 nitrogen and oxygen atoms in total. The van der Waals surface area contributed by atoms with Gasteiger partial charge in [0.05, 0.1) is 12.6 Å². The number of nitrogens with zero attached hydrogens (tertiary/aromatic N) is 2. The van der Waals surface area contributed by atoms with Gasteiger partial charge in [0.1, 0.15) is 0 Å². The smallest absolute Gasteiger partial charge is 0.236 e. The summed E-state index contributed by atoms with van der Waals surface area (Å²) in [7, 11) is 0. The van der Waals surface area contributed by atoms with Gasteiger partial charge < -0.3 is 10.2 Å². The molecule has 1 atom stereocenters. The standard InChI is InChI=1S/C22H27N3O/c1-17-6-2-4-8-19(17)22-20-9-5-3-7-18(20)10-13-25(22)16-21(26)24-14-11-23-12-15-24/h2-9,22-23H,10-16H2,1H3. The summed E-state index contributed by atoms with van der Waals surface area (Å²) in [6.45, 7) is 7.02. The number of aryl methyl sites for hydroxylation is 1. The number of carbonyl (C=O) groups excluding carboxylic acids is 1. The van der Waals surface area contributed by atoms with Crippen molar-refractivity contribution in [3.63, 3.8) is 0 Å². The molecular weight excluding hydrogens is 322 g/mol. The summed E-state index contributed by atoms with van der Waals surface area (Å²) in [6, 6.07) is 17.4. The number of hydrogen-bond donors (Lipinski definition) is 1. The van der Waals surface area contributed by atoms with E-state index in [9.17, 15) is 4.79 Å². The monoisotopic (exact) mass is 349 g/mol. The van der Waals surface area contributed by atoms with Gasteiger partial charge >= 0.3 is 0 Å². The fourth-order valence-electron chi connectivity index (χ4n) is 4.23. The highest BCUT2D eigenvalue weighted by molar-refractivity contribution is 5.78. The van der Waals surface area contributed by atoms with Gasteiger partial charge in [0, 0.05) is 32.7 Å². The van der Waals surface area contributed by atoms with Crippen LogP contribution in [0.4, 0.5) is 0 Å². The SMILES string of the molecule is Cc1ccccc1C1c2ccccc2CCN1CC(=O)N1CCNCC1. The van der Waals surface area contributed by atoms with E-state index in [2.05, 4.69) is 65.7 Å². The molecule has 1 amide bonds. The molecule has 1 fully saturated rings. The average molecular weight is 349 g/mol. The van der Waals surface area contributed by atoms with Crippen LogP contribution in [0.5, 0.6) is 0 Å². The molecule has 2 heterocycles. The van der Waals surface area contributed by atoms with E-state index in [1.807, 2.05) is 4.90 Å². The summed E-state index contributed by atoms with van der Waals surface area (Å²) >= 11 is 0. The Balaban J connectivity index is 1.65. The van der Waals surface area contributed by atoms with Crippen molar-refractivity contribution < 1.29 is 4.79 Å². The Morgan fingerprint density at radius 3 is 2.46 bits per heavy atom. The molecule has 1 saturated heterocycles. The lowest BCUT2D eigenvalue weighted by Gasteiger charge is -2.39. The Bertz CT molecular complexity index is 782. The molecule has 0 aliphatic carbocycles. The molecule has 2 aliphatic heterocycles. The molecule has 2 aromatic carbocycles. The number of carbonyl (C=O) groups is 1. The van der Waals surface area contributed by atoms with Gasteiger partial charge in [-0.1, -0.05) is 48.5 Å². The van der Waals surface area contributed by atoms with Crippen LogP contribution >= 0.6 is 0 Å². The maximum atomic E-state index is 12.9. The molecule has 2 aromatic rings. The van der Waals surface area contributed by atoms with Crippen molar-refractivity contribution in [3.05, 3.63) is 70.8 Å². The minimum Gasteiger partial charge on any atom is -0.339 e. The van der Waals surface area contributed by atoms with Crippen molar-refractivity contribution in [3.8, 4) is 0 Å². The van der Waals surface area contributed by atoms with E-state index in [0.717, 1.165) is 39.1 Å². The van der Waals surface area contributed by atoms with Crippen molar-refractivity contribution in [2.24, 2.45) is 0 Å². The molecule has 1 N–H and O–H groups in total. The maximum absolute atomic E-state index is 12.9. The van der Waals surface area contributed by atoms with E-state index in [1.54, 1.807) is 0 Å². The lowest BCUT2D eigenvalue weighted by molar-refractivity contribution is -0.133. The van der Waals surface area contributed by atoms with Gasteiger partial charge in [-0.2, -0.15) is 0 Å². The summed E-state index contributed by atoms with van der Waals surface area (Å²) in [5.41, 5.74) is 5.36. The van der Waals surface area contributed by atoms with Crippen molar-refractivity contribution in [1.82, 2.24) is 15.1 Å². The fraction of sp³-hybridized carbons (Fsp3) is 0.409. The normalized spacial score (nSPS) is 20.7. The summed E-state index contributed by atoms with van der Waals surface area (Å²) in [5, 5.41) is 3.32. The zero-order valence-corrected chi connectivity index (χ0v) is 15.4. The van der Waals surface area contributed by atoms with Crippen LogP contribution in [0.15, 0.2) is 48.5 Å². The van der Waals surface area contributed by atoms with E-state index in [1.165, 1.54) is 22.3 Å². The first-order chi connectivity index (χ1) is 12.7. The molecule has 0 spiro atoms. The number of nitrogens with one attached hydrogen (secondary N) is 1. The van der Waals surface area contributed by atoms with Crippen molar-refractivity contribution in [2.75, 3.05) is 39.3 Å². The molecule has 136 valence electrons. The average Bonchev–Trinajstić information content (AvgIpc) is 2.69. The second kappa shape index (κ2) is 7.60. The van der Waals surface area contributed by atoms with E-state index < -0.39 is 0 Å². The summed E-state index contributed by atoms with van der Waals surface area (Å²) in [6.07, 6.45) is 1.01. The van der Waals surface area contributed by atoms with Crippen molar-refractivity contribution in [2.45, 2.75) is 19.4 Å². The Labute approximate surface area is 155 Å². The van der Waals surface area contributed by atoms with Gasteiger partial charge in [0.15, 0.2) is 0 Å². The highest BCUT2D eigenvalue weighted by Crippen LogP contribution is 2.36. The van der Waals surface area contributed by atoms with Crippen LogP contribution < -0.4 is 5.32 Å². The number of rotatable bonds is 3. The number of amides is 1. The van der Waals surface area contributed by atoms with E-state index >= 15 is 0 Å². The lowest BCUT2D eigenvalue weighted by Crippen LogP contribution is -2.50. The van der Waals surface area contributed by atoms with Crippen LogP contribution in [-0.2, 0) is 11.2 Å². The first-order valence-electron chi connectivity index (χ1n) is 9.60. The van der Waals surface area contributed by atoms with Crippen LogP contribution in [0, 0.1) is 6.92 Å². The largest absolute Gasteiger partial charge is 0.339 e. The summed E-state index contributed by atoms with van der Waals surface area (Å²) < 4.78 is 0. The first-order valence-corrected chi connectivity index (χ1v) is 9.60. The highest BCUT2D eigenvalue weighted by atomic mass is 16.2. The third-order valence-corrected chi connectivity index (χ3v) is 5.67. The van der Waals surface area contributed by atoms with Gasteiger partial charge in [-0.25, -0.2) is 0 Å². The van der Waals surface area contributed by atoms with Gasteiger partial charge in [-0.3, -0.25) is 9.69 Å². The van der Waals surface area contributed by atoms with E-state index in [0.29, 0.717) is 6.54 Å². The second-order valence-corrected chi connectivity index (χ2v) is 7.31. The second-order valence-electron chi connectivity index (χ2n) is 7.31. The lowest BCUT2D eigenvalue weighted by atomic mass is 9.86. The van der Waals surface area contributed by atoms with Crippen LogP contribution in [-0.4, -0.2) is 55.0 Å². The molecule has 0 bridgehead atoms. The minimum atomic E-state index is 0.160. The minimum absolute atomic E-state index is 0.160. The topological polar surface area (TPSA) is 35.6 Å². The third-order valence-electron chi connectivity index (χ3n) is 5.67. The molecule has 0 radical (unpaired) electrons. The third kappa shape index (κ3) is 3.39. The Morgan fingerprint density at radius 2 is 1.69 bits per heavy atom. The quantitative estimate of drug-likeness (QED) is 0.924. The van der Waals surface area contributed by atoms with Gasteiger partial charge in [-0.05, 0) is 35.6 Å². The Morgan fingerprint density at radius 1 is 1.00 bits per heavy atom. The number of fused-ring (bicyclic) bond motifs is 1. The molecule has 26 heavy (non-hydrogen) atoms. The van der Waals surface area contributed by atoms with Crippen LogP contribution in [0.25, 0.3) is 0 Å². The number of piperazine rings is 1. The summed E-state index contributed by atoms with van der Waals surface area (Å²) in [4.78, 5) is 17.3. The highest BCUT2D eigenvalue weighted by Gasteiger charge is 2.31.